The van der Waals surface area contributed by atoms with Crippen molar-refractivity contribution in [2.24, 2.45) is 0 Å². The molecule has 0 saturated heterocycles. The standard InChI is InChI=1S/C21H24N4O2S.C5H10O2/c22-21-25-18(14-28-21)12-20(27)24-17-8-6-15(7-9-17)10-11-23-13-19(26)16-4-2-1-3-5-16;1-4(2)7-5(3)6/h1-9,14,19,23,26H,10-13H2,(H2,22,25)(H,24,27);4H,1-3H3/t19-;/m0./s1. The van der Waals surface area contributed by atoms with Crippen LogP contribution in [0.4, 0.5) is 10.8 Å². The van der Waals surface area contributed by atoms with E-state index in [0.717, 1.165) is 29.8 Å². The third-order valence-corrected chi connectivity index (χ3v) is 5.39. The van der Waals surface area contributed by atoms with Crippen molar-refractivity contribution in [3.63, 3.8) is 0 Å². The molecule has 0 fully saturated rings. The summed E-state index contributed by atoms with van der Waals surface area (Å²) in [5.41, 5.74) is 9.08. The summed E-state index contributed by atoms with van der Waals surface area (Å²) in [6, 6.07) is 17.4. The molecular weight excluding hydrogens is 464 g/mol. The SMILES string of the molecule is CC(=O)OC(C)C.Nc1nc(CC(=O)Nc2ccc(CCNC[C@H](O)c3ccccc3)cc2)cs1. The largest absolute Gasteiger partial charge is 0.463 e. The predicted molar refractivity (Wildman–Crippen MR) is 140 cm³/mol. The molecule has 0 unspecified atom stereocenters. The number of rotatable bonds is 10. The summed E-state index contributed by atoms with van der Waals surface area (Å²) < 4.78 is 4.61. The summed E-state index contributed by atoms with van der Waals surface area (Å²) in [7, 11) is 0. The van der Waals surface area contributed by atoms with Crippen LogP contribution in [0.25, 0.3) is 0 Å². The molecule has 5 N–H and O–H groups in total. The predicted octanol–water partition coefficient (Wildman–Crippen LogP) is 3.73. The minimum atomic E-state index is -0.508. The van der Waals surface area contributed by atoms with Crippen molar-refractivity contribution in [1.29, 1.82) is 0 Å². The summed E-state index contributed by atoms with van der Waals surface area (Å²) in [4.78, 5) is 26.2. The van der Waals surface area contributed by atoms with Gasteiger partial charge in [-0.15, -0.1) is 11.3 Å². The number of anilines is 2. The Kier molecular flexibility index (Phi) is 11.9. The van der Waals surface area contributed by atoms with Crippen LogP contribution in [0.5, 0.6) is 0 Å². The van der Waals surface area contributed by atoms with Crippen molar-refractivity contribution in [2.45, 2.75) is 45.8 Å². The molecule has 35 heavy (non-hydrogen) atoms. The molecule has 0 spiro atoms. The Morgan fingerprint density at radius 2 is 1.80 bits per heavy atom. The first-order valence-electron chi connectivity index (χ1n) is 11.4. The number of amides is 1. The number of ether oxygens (including phenoxy) is 1. The average Bonchev–Trinajstić information content (AvgIpc) is 3.22. The van der Waals surface area contributed by atoms with E-state index >= 15 is 0 Å². The molecule has 9 heteroatoms. The van der Waals surface area contributed by atoms with Crippen molar-refractivity contribution >= 4 is 34.0 Å². The minimum Gasteiger partial charge on any atom is -0.463 e. The van der Waals surface area contributed by atoms with Crippen LogP contribution >= 0.6 is 11.3 Å². The number of aromatic nitrogens is 1. The summed E-state index contributed by atoms with van der Waals surface area (Å²) >= 11 is 1.33. The van der Waals surface area contributed by atoms with Gasteiger partial charge in [-0.25, -0.2) is 4.98 Å². The number of carbonyl (C=O) groups excluding carboxylic acids is 2. The van der Waals surface area contributed by atoms with Gasteiger partial charge in [0.25, 0.3) is 0 Å². The molecule has 0 saturated carbocycles. The van der Waals surface area contributed by atoms with Gasteiger partial charge < -0.3 is 26.2 Å². The number of nitrogen functional groups attached to an aromatic ring is 1. The minimum absolute atomic E-state index is 0.0255. The molecule has 3 rings (SSSR count). The highest BCUT2D eigenvalue weighted by molar-refractivity contribution is 7.13. The van der Waals surface area contributed by atoms with E-state index in [0.29, 0.717) is 17.4 Å². The van der Waals surface area contributed by atoms with Crippen LogP contribution in [0.3, 0.4) is 0 Å². The van der Waals surface area contributed by atoms with Crippen LogP contribution in [0.1, 0.15) is 43.7 Å². The zero-order chi connectivity index (χ0) is 25.6. The molecule has 0 bridgehead atoms. The monoisotopic (exact) mass is 498 g/mol. The average molecular weight is 499 g/mol. The summed E-state index contributed by atoms with van der Waals surface area (Å²) in [6.07, 6.45) is 0.570. The van der Waals surface area contributed by atoms with Crippen LogP contribution in [0, 0.1) is 0 Å². The zero-order valence-corrected chi connectivity index (χ0v) is 21.2. The fourth-order valence-corrected chi connectivity index (χ4v) is 3.69. The van der Waals surface area contributed by atoms with Gasteiger partial charge >= 0.3 is 5.97 Å². The number of aliphatic hydroxyl groups is 1. The Labute approximate surface area is 210 Å². The normalized spacial score (nSPS) is 11.3. The van der Waals surface area contributed by atoms with Crippen molar-refractivity contribution in [2.75, 3.05) is 24.1 Å². The number of aliphatic hydroxyl groups excluding tert-OH is 1. The molecule has 1 aromatic heterocycles. The Morgan fingerprint density at radius 1 is 1.11 bits per heavy atom. The Morgan fingerprint density at radius 3 is 2.34 bits per heavy atom. The molecule has 2 aromatic carbocycles. The van der Waals surface area contributed by atoms with Crippen molar-refractivity contribution in [1.82, 2.24) is 10.3 Å². The van der Waals surface area contributed by atoms with E-state index in [1.54, 1.807) is 5.38 Å². The topological polar surface area (TPSA) is 127 Å². The molecule has 0 aliphatic rings. The molecule has 1 heterocycles. The Hall–Kier alpha value is -3.27. The van der Waals surface area contributed by atoms with Crippen molar-refractivity contribution in [3.05, 3.63) is 76.8 Å². The van der Waals surface area contributed by atoms with E-state index in [9.17, 15) is 14.7 Å². The number of nitrogens with two attached hydrogens (primary N) is 1. The highest BCUT2D eigenvalue weighted by atomic mass is 32.1. The van der Waals surface area contributed by atoms with Gasteiger partial charge in [-0.1, -0.05) is 42.5 Å². The second-order valence-electron chi connectivity index (χ2n) is 8.14. The maximum absolute atomic E-state index is 12.0. The molecular formula is C26H34N4O4S. The number of esters is 1. The van der Waals surface area contributed by atoms with E-state index in [-0.39, 0.29) is 24.4 Å². The maximum Gasteiger partial charge on any atom is 0.302 e. The maximum atomic E-state index is 12.0. The van der Waals surface area contributed by atoms with Crippen LogP contribution in [0.2, 0.25) is 0 Å². The van der Waals surface area contributed by atoms with Gasteiger partial charge in [-0.3, -0.25) is 9.59 Å². The number of hydrogen-bond acceptors (Lipinski definition) is 8. The van der Waals surface area contributed by atoms with Crippen LogP contribution in [-0.2, 0) is 27.2 Å². The smallest absolute Gasteiger partial charge is 0.302 e. The van der Waals surface area contributed by atoms with E-state index < -0.39 is 6.10 Å². The fraction of sp³-hybridized carbons (Fsp3) is 0.346. The highest BCUT2D eigenvalue weighted by Crippen LogP contribution is 2.14. The number of thiazole rings is 1. The molecule has 0 aliphatic heterocycles. The second-order valence-corrected chi connectivity index (χ2v) is 9.03. The van der Waals surface area contributed by atoms with Gasteiger partial charge in [-0.05, 0) is 50.1 Å². The lowest BCUT2D eigenvalue weighted by molar-refractivity contribution is -0.144. The third kappa shape index (κ3) is 11.6. The lowest BCUT2D eigenvalue weighted by Crippen LogP contribution is -2.23. The van der Waals surface area contributed by atoms with Gasteiger partial charge in [0.15, 0.2) is 5.13 Å². The molecule has 1 amide bonds. The number of nitrogens with one attached hydrogen (secondary N) is 2. The van der Waals surface area contributed by atoms with E-state index in [2.05, 4.69) is 20.4 Å². The highest BCUT2D eigenvalue weighted by Gasteiger charge is 2.08. The van der Waals surface area contributed by atoms with E-state index in [4.69, 9.17) is 5.73 Å². The van der Waals surface area contributed by atoms with E-state index in [1.165, 1.54) is 18.3 Å². The zero-order valence-electron chi connectivity index (χ0n) is 20.4. The van der Waals surface area contributed by atoms with Crippen LogP contribution in [-0.4, -0.2) is 41.2 Å². The van der Waals surface area contributed by atoms with Gasteiger partial charge in [0, 0.05) is 24.5 Å². The Balaban J connectivity index is 0.000000540. The van der Waals surface area contributed by atoms with Crippen molar-refractivity contribution < 1.29 is 19.4 Å². The second kappa shape index (κ2) is 14.9. The number of benzene rings is 2. The summed E-state index contributed by atoms with van der Waals surface area (Å²) in [5, 5.41) is 18.5. The number of nitrogens with zero attached hydrogens (tertiary/aromatic N) is 1. The quantitative estimate of drug-likeness (QED) is 0.248. The third-order valence-electron chi connectivity index (χ3n) is 4.66. The molecule has 1 atom stereocenters. The van der Waals surface area contributed by atoms with Gasteiger partial charge in [0.05, 0.1) is 24.3 Å². The van der Waals surface area contributed by atoms with Crippen LogP contribution in [0.15, 0.2) is 60.0 Å². The molecule has 0 radical (unpaired) electrons. The lowest BCUT2D eigenvalue weighted by Gasteiger charge is -2.12. The Bertz CT molecular complexity index is 1040. The first-order valence-corrected chi connectivity index (χ1v) is 12.3. The number of hydrogen-bond donors (Lipinski definition) is 4. The van der Waals surface area contributed by atoms with Gasteiger partial charge in [0.1, 0.15) is 0 Å². The summed E-state index contributed by atoms with van der Waals surface area (Å²) in [6.45, 7) is 6.32. The lowest BCUT2D eigenvalue weighted by atomic mass is 10.1. The van der Waals surface area contributed by atoms with E-state index in [1.807, 2.05) is 68.4 Å². The van der Waals surface area contributed by atoms with Crippen LogP contribution < -0.4 is 16.4 Å². The molecule has 188 valence electrons. The fourth-order valence-electron chi connectivity index (χ4n) is 3.12. The molecule has 3 aromatic rings. The molecule has 0 aliphatic carbocycles. The number of carbonyl (C=O) groups is 2. The first kappa shape index (κ1) is 28.0. The van der Waals surface area contributed by atoms with Gasteiger partial charge in [0.2, 0.25) is 5.91 Å². The van der Waals surface area contributed by atoms with Crippen molar-refractivity contribution in [3.8, 4) is 0 Å². The molecule has 8 nitrogen and oxygen atoms in total. The first-order chi connectivity index (χ1) is 16.7. The summed E-state index contributed by atoms with van der Waals surface area (Å²) in [5.74, 6) is -0.329. The van der Waals surface area contributed by atoms with Gasteiger partial charge in [-0.2, -0.15) is 0 Å².